The summed E-state index contributed by atoms with van der Waals surface area (Å²) < 4.78 is 5.50. The normalized spacial score (nSPS) is 10.7. The van der Waals surface area contributed by atoms with Gasteiger partial charge in [0, 0.05) is 19.7 Å². The van der Waals surface area contributed by atoms with Crippen molar-refractivity contribution in [2.45, 2.75) is 27.2 Å². The van der Waals surface area contributed by atoms with E-state index in [9.17, 15) is 10.1 Å². The van der Waals surface area contributed by atoms with Gasteiger partial charge in [-0.15, -0.1) is 0 Å². The molecule has 0 aromatic heterocycles. The Morgan fingerprint density at radius 3 is 2.48 bits per heavy atom. The van der Waals surface area contributed by atoms with Crippen LogP contribution < -0.4 is 10.6 Å². The lowest BCUT2D eigenvalue weighted by Gasteiger charge is -2.11. The SMILES string of the molecule is CCNc1cccc(NCCOCCC(C)C)c1[N+](=O)[O-]. The topological polar surface area (TPSA) is 76.4 Å². The third-order valence-corrected chi connectivity index (χ3v) is 2.99. The standard InChI is InChI=1S/C15H25N3O3/c1-4-16-13-6-5-7-14(15(13)18(19)20)17-9-11-21-10-8-12(2)3/h5-7,12,16-17H,4,8-11H2,1-3H3. The van der Waals surface area contributed by atoms with Crippen LogP contribution in [-0.2, 0) is 4.74 Å². The van der Waals surface area contributed by atoms with Crippen LogP contribution in [0, 0.1) is 16.0 Å². The second kappa shape index (κ2) is 9.18. The number of hydrogen-bond donors (Lipinski definition) is 2. The van der Waals surface area contributed by atoms with Crippen molar-refractivity contribution in [1.82, 2.24) is 0 Å². The average molecular weight is 295 g/mol. The van der Waals surface area contributed by atoms with E-state index in [-0.39, 0.29) is 10.6 Å². The molecular formula is C15H25N3O3. The number of nitro groups is 1. The molecule has 6 heteroatoms. The maximum Gasteiger partial charge on any atom is 0.315 e. The van der Waals surface area contributed by atoms with Crippen molar-refractivity contribution in [3.63, 3.8) is 0 Å². The van der Waals surface area contributed by atoms with Gasteiger partial charge in [0.15, 0.2) is 0 Å². The number of nitrogens with one attached hydrogen (secondary N) is 2. The summed E-state index contributed by atoms with van der Waals surface area (Å²) in [5.74, 6) is 0.621. The van der Waals surface area contributed by atoms with Gasteiger partial charge in [-0.3, -0.25) is 10.1 Å². The summed E-state index contributed by atoms with van der Waals surface area (Å²) in [6.07, 6.45) is 1.02. The van der Waals surface area contributed by atoms with Crippen LogP contribution in [0.4, 0.5) is 17.1 Å². The van der Waals surface area contributed by atoms with Crippen molar-refractivity contribution in [2.24, 2.45) is 5.92 Å². The van der Waals surface area contributed by atoms with E-state index >= 15 is 0 Å². The van der Waals surface area contributed by atoms with Crippen molar-refractivity contribution in [2.75, 3.05) is 36.9 Å². The number of ether oxygens (including phenoxy) is 1. The fraction of sp³-hybridized carbons (Fsp3) is 0.600. The van der Waals surface area contributed by atoms with Crippen LogP contribution in [0.15, 0.2) is 18.2 Å². The predicted octanol–water partition coefficient (Wildman–Crippen LogP) is 3.50. The Kier molecular flexibility index (Phi) is 7.53. The van der Waals surface area contributed by atoms with E-state index in [0.717, 1.165) is 13.0 Å². The molecule has 1 rings (SSSR count). The molecule has 0 spiro atoms. The molecule has 2 N–H and O–H groups in total. The highest BCUT2D eigenvalue weighted by Crippen LogP contribution is 2.32. The number of rotatable bonds is 10. The Morgan fingerprint density at radius 1 is 1.24 bits per heavy atom. The highest BCUT2D eigenvalue weighted by Gasteiger charge is 2.18. The molecule has 0 saturated carbocycles. The lowest BCUT2D eigenvalue weighted by atomic mass is 10.1. The van der Waals surface area contributed by atoms with Crippen LogP contribution in [0.2, 0.25) is 0 Å². The van der Waals surface area contributed by atoms with E-state index in [1.807, 2.05) is 6.92 Å². The molecule has 21 heavy (non-hydrogen) atoms. The van der Waals surface area contributed by atoms with Gasteiger partial charge in [-0.25, -0.2) is 0 Å². The molecule has 118 valence electrons. The number of benzene rings is 1. The zero-order valence-corrected chi connectivity index (χ0v) is 13.0. The smallest absolute Gasteiger partial charge is 0.315 e. The number of nitrogens with zero attached hydrogens (tertiary/aromatic N) is 1. The zero-order valence-electron chi connectivity index (χ0n) is 13.0. The average Bonchev–Trinajstić information content (AvgIpc) is 2.42. The van der Waals surface area contributed by atoms with E-state index < -0.39 is 0 Å². The summed E-state index contributed by atoms with van der Waals surface area (Å²) in [6, 6.07) is 5.23. The van der Waals surface area contributed by atoms with E-state index in [4.69, 9.17) is 4.74 Å². The van der Waals surface area contributed by atoms with Crippen LogP contribution in [-0.4, -0.2) is 31.2 Å². The third-order valence-electron chi connectivity index (χ3n) is 2.99. The Morgan fingerprint density at radius 2 is 1.90 bits per heavy atom. The molecule has 1 aromatic rings. The second-order valence-corrected chi connectivity index (χ2v) is 5.21. The maximum absolute atomic E-state index is 11.2. The predicted molar refractivity (Wildman–Crippen MR) is 86.0 cm³/mol. The van der Waals surface area contributed by atoms with E-state index in [1.165, 1.54) is 0 Å². The monoisotopic (exact) mass is 295 g/mol. The first kappa shape index (κ1) is 17.2. The van der Waals surface area contributed by atoms with Gasteiger partial charge in [-0.2, -0.15) is 0 Å². The minimum absolute atomic E-state index is 0.0848. The van der Waals surface area contributed by atoms with Crippen LogP contribution in [0.1, 0.15) is 27.2 Å². The summed E-state index contributed by atoms with van der Waals surface area (Å²) in [4.78, 5) is 10.9. The minimum atomic E-state index is -0.361. The van der Waals surface area contributed by atoms with Crippen LogP contribution in [0.25, 0.3) is 0 Å². The van der Waals surface area contributed by atoms with Gasteiger partial charge < -0.3 is 15.4 Å². The van der Waals surface area contributed by atoms with Gasteiger partial charge in [0.1, 0.15) is 11.4 Å². The number of anilines is 2. The Hall–Kier alpha value is -1.82. The molecule has 0 saturated heterocycles. The van der Waals surface area contributed by atoms with Gasteiger partial charge in [0.05, 0.1) is 11.5 Å². The molecule has 0 bridgehead atoms. The van der Waals surface area contributed by atoms with Gasteiger partial charge in [-0.05, 0) is 31.4 Å². The largest absolute Gasteiger partial charge is 0.380 e. The fourth-order valence-electron chi connectivity index (χ4n) is 1.89. The van der Waals surface area contributed by atoms with Crippen LogP contribution in [0.5, 0.6) is 0 Å². The quantitative estimate of drug-likeness (QED) is 0.392. The Bertz CT molecular complexity index is 450. The molecule has 0 aliphatic carbocycles. The van der Waals surface area contributed by atoms with Gasteiger partial charge >= 0.3 is 5.69 Å². The molecule has 0 fully saturated rings. The van der Waals surface area contributed by atoms with Gasteiger partial charge in [0.25, 0.3) is 0 Å². The Balaban J connectivity index is 2.54. The van der Waals surface area contributed by atoms with Crippen LogP contribution in [0.3, 0.4) is 0 Å². The van der Waals surface area contributed by atoms with Crippen molar-refractivity contribution in [3.05, 3.63) is 28.3 Å². The van der Waals surface area contributed by atoms with Crippen molar-refractivity contribution in [3.8, 4) is 0 Å². The highest BCUT2D eigenvalue weighted by molar-refractivity contribution is 5.76. The van der Waals surface area contributed by atoms with E-state index in [2.05, 4.69) is 24.5 Å². The van der Waals surface area contributed by atoms with Crippen molar-refractivity contribution in [1.29, 1.82) is 0 Å². The first-order valence-electron chi connectivity index (χ1n) is 7.39. The maximum atomic E-state index is 11.2. The lowest BCUT2D eigenvalue weighted by Crippen LogP contribution is -2.12. The molecule has 0 atom stereocenters. The number of hydrogen-bond acceptors (Lipinski definition) is 5. The molecule has 0 aliphatic heterocycles. The molecule has 0 aliphatic rings. The highest BCUT2D eigenvalue weighted by atomic mass is 16.6. The van der Waals surface area contributed by atoms with Gasteiger partial charge in [-0.1, -0.05) is 19.9 Å². The first-order valence-corrected chi connectivity index (χ1v) is 7.39. The summed E-state index contributed by atoms with van der Waals surface area (Å²) in [5, 5.41) is 17.3. The lowest BCUT2D eigenvalue weighted by molar-refractivity contribution is -0.383. The van der Waals surface area contributed by atoms with Gasteiger partial charge in [0.2, 0.25) is 0 Å². The summed E-state index contributed by atoms with van der Waals surface area (Å²) in [5.41, 5.74) is 1.14. The first-order chi connectivity index (χ1) is 10.1. The zero-order chi connectivity index (χ0) is 15.7. The minimum Gasteiger partial charge on any atom is -0.380 e. The Labute approximate surface area is 126 Å². The summed E-state index contributed by atoms with van der Waals surface area (Å²) in [7, 11) is 0. The third kappa shape index (κ3) is 5.99. The molecular weight excluding hydrogens is 270 g/mol. The second-order valence-electron chi connectivity index (χ2n) is 5.21. The molecule has 0 amide bonds. The summed E-state index contributed by atoms with van der Waals surface area (Å²) in [6.45, 7) is 8.66. The number of nitro benzene ring substituents is 1. The van der Waals surface area contributed by atoms with Crippen LogP contribution >= 0.6 is 0 Å². The molecule has 0 heterocycles. The fourth-order valence-corrected chi connectivity index (χ4v) is 1.89. The molecule has 6 nitrogen and oxygen atoms in total. The summed E-state index contributed by atoms with van der Waals surface area (Å²) >= 11 is 0. The molecule has 0 radical (unpaired) electrons. The van der Waals surface area contributed by atoms with Crippen molar-refractivity contribution < 1.29 is 9.66 Å². The molecule has 1 aromatic carbocycles. The van der Waals surface area contributed by atoms with E-state index in [0.29, 0.717) is 37.0 Å². The van der Waals surface area contributed by atoms with E-state index in [1.54, 1.807) is 18.2 Å². The number of para-hydroxylation sites is 1. The van der Waals surface area contributed by atoms with Crippen molar-refractivity contribution >= 4 is 17.1 Å². The molecule has 0 unspecified atom stereocenters.